The molecule has 3 heterocycles. The van der Waals surface area contributed by atoms with E-state index < -0.39 is 12.1 Å². The van der Waals surface area contributed by atoms with Gasteiger partial charge in [-0.2, -0.15) is 5.10 Å². The molecule has 0 atom stereocenters. The van der Waals surface area contributed by atoms with E-state index in [1.54, 1.807) is 23.9 Å². The van der Waals surface area contributed by atoms with E-state index in [0.29, 0.717) is 11.4 Å². The summed E-state index contributed by atoms with van der Waals surface area (Å²) in [5, 5.41) is 4.55. The predicted octanol–water partition coefficient (Wildman–Crippen LogP) is 6.30. The third-order valence-electron chi connectivity index (χ3n) is 4.76. The van der Waals surface area contributed by atoms with E-state index in [1.165, 1.54) is 35.6 Å². The molecule has 0 saturated heterocycles. The van der Waals surface area contributed by atoms with Gasteiger partial charge in [-0.25, -0.2) is 14.1 Å². The molecule has 0 aliphatic carbocycles. The highest BCUT2D eigenvalue weighted by Gasteiger charge is 2.43. The summed E-state index contributed by atoms with van der Waals surface area (Å²) in [5.74, 6) is 0.174. The number of hydrogen-bond donors (Lipinski definition) is 0. The number of aromatic nitrogens is 3. The van der Waals surface area contributed by atoms with Gasteiger partial charge in [-0.1, -0.05) is 17.7 Å². The van der Waals surface area contributed by atoms with Gasteiger partial charge in [0, 0.05) is 11.9 Å². The summed E-state index contributed by atoms with van der Waals surface area (Å²) < 4.78 is 51.5. The predicted molar refractivity (Wildman–Crippen MR) is 111 cm³/mol. The minimum absolute atomic E-state index is 0.0121. The summed E-state index contributed by atoms with van der Waals surface area (Å²) in [4.78, 5) is 6.14. The first-order chi connectivity index (χ1) is 14.7. The molecule has 0 radical (unpaired) electrons. The summed E-state index contributed by atoms with van der Waals surface area (Å²) in [5.41, 5.74) is 1.74. The Bertz CT molecular complexity index is 1320. The summed E-state index contributed by atoms with van der Waals surface area (Å²) in [6, 6.07) is 10.9. The van der Waals surface area contributed by atoms with Gasteiger partial charge in [-0.3, -0.25) is 0 Å². The first-order valence-electron chi connectivity index (χ1n) is 9.08. The third-order valence-corrected chi connectivity index (χ3v) is 6.35. The number of aryl methyl sites for hydroxylation is 2. The monoisotopic (exact) mass is 463 g/mol. The maximum absolute atomic E-state index is 14.3. The number of nitrogens with zero attached hydrogens (tertiary/aromatic N) is 3. The number of hydrogen-bond acceptors (Lipinski definition) is 5. The Hall–Kier alpha value is -3.04. The average molecular weight is 464 g/mol. The molecule has 10 heteroatoms. The number of halogens is 4. The van der Waals surface area contributed by atoms with Gasteiger partial charge in [0.15, 0.2) is 23.1 Å². The molecule has 2 aromatic heterocycles. The maximum Gasteiger partial charge on any atom is 0.586 e. The van der Waals surface area contributed by atoms with Crippen LogP contribution in [0, 0.1) is 12.7 Å². The topological polar surface area (TPSA) is 49.2 Å². The van der Waals surface area contributed by atoms with E-state index in [-0.39, 0.29) is 27.9 Å². The molecular formula is C21H13ClF3N3O2S. The summed E-state index contributed by atoms with van der Waals surface area (Å²) in [6.45, 7) is 1.90. The summed E-state index contributed by atoms with van der Waals surface area (Å²) in [6.07, 6.45) is -3.67. The van der Waals surface area contributed by atoms with Crippen molar-refractivity contribution in [2.75, 3.05) is 0 Å². The van der Waals surface area contributed by atoms with Gasteiger partial charge in [0.1, 0.15) is 5.82 Å². The molecule has 4 aromatic rings. The lowest BCUT2D eigenvalue weighted by molar-refractivity contribution is -0.286. The van der Waals surface area contributed by atoms with Crippen LogP contribution in [0.1, 0.15) is 5.56 Å². The van der Waals surface area contributed by atoms with Crippen LogP contribution >= 0.6 is 22.9 Å². The standard InChI is InChI=1S/C21H13ClF3N3O2S/c1-10-8-16(11-6-7-14-15(9-11)30-21(24,25)29-14)31-18(10)20-26-19(27-28(20)2)17-12(22)4-3-5-13(17)23/h3-9H,1-2H3. The lowest BCUT2D eigenvalue weighted by Gasteiger charge is -2.04. The Balaban J connectivity index is 1.54. The lowest BCUT2D eigenvalue weighted by atomic mass is 10.1. The lowest BCUT2D eigenvalue weighted by Crippen LogP contribution is -2.25. The zero-order valence-corrected chi connectivity index (χ0v) is 17.7. The smallest absolute Gasteiger partial charge is 0.395 e. The number of ether oxygens (including phenoxy) is 2. The van der Waals surface area contributed by atoms with Gasteiger partial charge in [0.05, 0.1) is 15.5 Å². The van der Waals surface area contributed by atoms with Gasteiger partial charge in [0.25, 0.3) is 0 Å². The first kappa shape index (κ1) is 19.9. The largest absolute Gasteiger partial charge is 0.586 e. The molecular weight excluding hydrogens is 451 g/mol. The number of thiophene rings is 1. The van der Waals surface area contributed by atoms with Gasteiger partial charge in [-0.05, 0) is 54.4 Å². The minimum Gasteiger partial charge on any atom is -0.395 e. The Morgan fingerprint density at radius 1 is 1.10 bits per heavy atom. The Labute approximate surface area is 183 Å². The maximum atomic E-state index is 14.3. The second kappa shape index (κ2) is 7.00. The van der Waals surface area contributed by atoms with Crippen LogP contribution in [0.5, 0.6) is 11.5 Å². The molecule has 1 aliphatic heterocycles. The van der Waals surface area contributed by atoms with Crippen molar-refractivity contribution in [1.82, 2.24) is 14.8 Å². The fourth-order valence-corrected chi connectivity index (χ4v) is 4.79. The number of alkyl halides is 2. The minimum atomic E-state index is -3.67. The number of benzene rings is 2. The van der Waals surface area contributed by atoms with E-state index in [9.17, 15) is 13.2 Å². The molecule has 31 heavy (non-hydrogen) atoms. The zero-order valence-electron chi connectivity index (χ0n) is 16.1. The highest BCUT2D eigenvalue weighted by Crippen LogP contribution is 2.45. The number of rotatable bonds is 3. The van der Waals surface area contributed by atoms with Crippen molar-refractivity contribution < 1.29 is 22.6 Å². The van der Waals surface area contributed by atoms with Crippen molar-refractivity contribution in [3.8, 4) is 44.0 Å². The van der Waals surface area contributed by atoms with Crippen LogP contribution < -0.4 is 9.47 Å². The van der Waals surface area contributed by atoms with Crippen LogP contribution in [0.4, 0.5) is 13.2 Å². The molecule has 0 unspecified atom stereocenters. The van der Waals surface area contributed by atoms with Crippen molar-refractivity contribution in [1.29, 1.82) is 0 Å². The quantitative estimate of drug-likeness (QED) is 0.358. The van der Waals surface area contributed by atoms with Gasteiger partial charge in [0.2, 0.25) is 0 Å². The zero-order chi connectivity index (χ0) is 21.9. The van der Waals surface area contributed by atoms with Crippen LogP contribution in [0.2, 0.25) is 5.02 Å². The highest BCUT2D eigenvalue weighted by atomic mass is 35.5. The van der Waals surface area contributed by atoms with E-state index in [4.69, 9.17) is 11.6 Å². The van der Waals surface area contributed by atoms with Crippen LogP contribution in [0.15, 0.2) is 42.5 Å². The fourth-order valence-electron chi connectivity index (χ4n) is 3.35. The number of fused-ring (bicyclic) bond motifs is 1. The van der Waals surface area contributed by atoms with Crippen LogP contribution in [0.25, 0.3) is 32.5 Å². The van der Waals surface area contributed by atoms with E-state index >= 15 is 0 Å². The molecule has 5 rings (SSSR count). The molecule has 2 aromatic carbocycles. The van der Waals surface area contributed by atoms with E-state index in [0.717, 1.165) is 15.3 Å². The second-order valence-corrected chi connectivity index (χ2v) is 8.39. The van der Waals surface area contributed by atoms with Crippen molar-refractivity contribution in [3.63, 3.8) is 0 Å². The Morgan fingerprint density at radius 2 is 1.87 bits per heavy atom. The molecule has 158 valence electrons. The second-order valence-electron chi connectivity index (χ2n) is 6.93. The molecule has 5 nitrogen and oxygen atoms in total. The highest BCUT2D eigenvalue weighted by molar-refractivity contribution is 7.19. The molecule has 0 bridgehead atoms. The molecule has 1 aliphatic rings. The van der Waals surface area contributed by atoms with Gasteiger partial charge >= 0.3 is 6.29 Å². The Morgan fingerprint density at radius 3 is 2.65 bits per heavy atom. The molecule has 0 spiro atoms. The average Bonchev–Trinajstić information content (AvgIpc) is 3.34. The molecule has 0 fully saturated rings. The third kappa shape index (κ3) is 3.43. The van der Waals surface area contributed by atoms with Crippen molar-refractivity contribution >= 4 is 22.9 Å². The summed E-state index contributed by atoms with van der Waals surface area (Å²) >= 11 is 7.56. The van der Waals surface area contributed by atoms with E-state index in [1.807, 2.05) is 13.0 Å². The Kier molecular flexibility index (Phi) is 4.49. The van der Waals surface area contributed by atoms with Crippen molar-refractivity contribution in [2.45, 2.75) is 13.2 Å². The normalized spacial score (nSPS) is 14.3. The van der Waals surface area contributed by atoms with Gasteiger partial charge < -0.3 is 9.47 Å². The fraction of sp³-hybridized carbons (Fsp3) is 0.143. The first-order valence-corrected chi connectivity index (χ1v) is 10.3. The van der Waals surface area contributed by atoms with Crippen LogP contribution in [-0.4, -0.2) is 21.1 Å². The van der Waals surface area contributed by atoms with Crippen LogP contribution in [0.3, 0.4) is 0 Å². The van der Waals surface area contributed by atoms with E-state index in [2.05, 4.69) is 19.6 Å². The summed E-state index contributed by atoms with van der Waals surface area (Å²) in [7, 11) is 1.71. The van der Waals surface area contributed by atoms with Gasteiger partial charge in [-0.15, -0.1) is 20.1 Å². The molecule has 0 saturated carbocycles. The van der Waals surface area contributed by atoms with Crippen molar-refractivity contribution in [3.05, 3.63) is 58.9 Å². The SMILES string of the molecule is Cc1cc(-c2ccc3c(c2)OC(F)(F)O3)sc1-c1nc(-c2c(F)cccc2Cl)nn1C. The van der Waals surface area contributed by atoms with Crippen LogP contribution in [-0.2, 0) is 7.05 Å². The molecule has 0 N–H and O–H groups in total. The molecule has 0 amide bonds. The van der Waals surface area contributed by atoms with Crippen molar-refractivity contribution in [2.24, 2.45) is 7.05 Å².